The first-order valence-corrected chi connectivity index (χ1v) is 6.41. The van der Waals surface area contributed by atoms with Gasteiger partial charge in [0.2, 0.25) is 5.91 Å². The SMILES string of the molecule is CS(=O)Cc1cc(Br)ccc1C(N)=O. The van der Waals surface area contributed by atoms with Crippen molar-refractivity contribution in [3.63, 3.8) is 0 Å². The van der Waals surface area contributed by atoms with Gasteiger partial charge in [-0.15, -0.1) is 0 Å². The van der Waals surface area contributed by atoms with Crippen molar-refractivity contribution >= 4 is 32.6 Å². The molecular weight excluding hydrogens is 266 g/mol. The van der Waals surface area contributed by atoms with E-state index in [1.165, 1.54) is 0 Å². The van der Waals surface area contributed by atoms with Crippen LogP contribution in [0.4, 0.5) is 0 Å². The Balaban J connectivity index is 3.15. The number of amides is 1. The van der Waals surface area contributed by atoms with Crippen LogP contribution in [-0.4, -0.2) is 16.4 Å². The van der Waals surface area contributed by atoms with Crippen molar-refractivity contribution in [1.29, 1.82) is 0 Å². The first-order valence-electron chi connectivity index (χ1n) is 3.89. The number of primary amides is 1. The Morgan fingerprint density at radius 2 is 2.21 bits per heavy atom. The number of halogens is 1. The summed E-state index contributed by atoms with van der Waals surface area (Å²) in [5.74, 6) is -0.143. The Hall–Kier alpha value is -0.680. The van der Waals surface area contributed by atoms with Gasteiger partial charge in [0.15, 0.2) is 0 Å². The van der Waals surface area contributed by atoms with Crippen LogP contribution in [-0.2, 0) is 16.6 Å². The highest BCUT2D eigenvalue weighted by atomic mass is 79.9. The number of nitrogens with two attached hydrogens (primary N) is 1. The average Bonchev–Trinajstić information content (AvgIpc) is 2.01. The van der Waals surface area contributed by atoms with Crippen LogP contribution in [0.2, 0.25) is 0 Å². The molecule has 0 saturated heterocycles. The Morgan fingerprint density at radius 1 is 1.57 bits per heavy atom. The zero-order valence-corrected chi connectivity index (χ0v) is 10.0. The third kappa shape index (κ3) is 2.92. The molecule has 1 amide bonds. The molecule has 2 N–H and O–H groups in total. The van der Waals surface area contributed by atoms with Gasteiger partial charge < -0.3 is 5.73 Å². The number of benzene rings is 1. The van der Waals surface area contributed by atoms with Crippen molar-refractivity contribution < 1.29 is 9.00 Å². The van der Waals surface area contributed by atoms with Crippen LogP contribution in [0, 0.1) is 0 Å². The summed E-state index contributed by atoms with van der Waals surface area (Å²) in [6.07, 6.45) is 1.59. The molecule has 76 valence electrons. The number of rotatable bonds is 3. The average molecular weight is 276 g/mol. The highest BCUT2D eigenvalue weighted by molar-refractivity contribution is 9.10. The summed E-state index contributed by atoms with van der Waals surface area (Å²) >= 11 is 3.28. The lowest BCUT2D eigenvalue weighted by molar-refractivity contribution is 0.0999. The molecule has 0 bridgehead atoms. The maximum atomic E-state index is 11.0. The largest absolute Gasteiger partial charge is 0.366 e. The lowest BCUT2D eigenvalue weighted by Crippen LogP contribution is -2.14. The standard InChI is InChI=1S/C9H10BrNO2S/c1-14(13)5-6-4-7(10)2-3-8(6)9(11)12/h2-4H,5H2,1H3,(H2,11,12). The summed E-state index contributed by atoms with van der Waals surface area (Å²) in [6.45, 7) is 0. The van der Waals surface area contributed by atoms with Crippen LogP contribution in [0.25, 0.3) is 0 Å². The van der Waals surface area contributed by atoms with Crippen molar-refractivity contribution in [1.82, 2.24) is 0 Å². The van der Waals surface area contributed by atoms with E-state index >= 15 is 0 Å². The normalized spacial score (nSPS) is 12.4. The molecule has 5 heteroatoms. The van der Waals surface area contributed by atoms with Gasteiger partial charge in [-0.05, 0) is 23.8 Å². The fourth-order valence-electron chi connectivity index (χ4n) is 1.14. The van der Waals surface area contributed by atoms with Gasteiger partial charge in [0.05, 0.1) is 0 Å². The Bertz CT molecular complexity index is 392. The summed E-state index contributed by atoms with van der Waals surface area (Å²) in [5.41, 5.74) is 6.34. The van der Waals surface area contributed by atoms with Gasteiger partial charge in [-0.2, -0.15) is 0 Å². The maximum absolute atomic E-state index is 11.0. The second kappa shape index (κ2) is 4.70. The van der Waals surface area contributed by atoms with Crippen LogP contribution in [0.3, 0.4) is 0 Å². The van der Waals surface area contributed by atoms with Crippen LogP contribution < -0.4 is 5.73 Å². The highest BCUT2D eigenvalue weighted by Crippen LogP contribution is 2.17. The fourth-order valence-corrected chi connectivity index (χ4v) is 2.23. The lowest BCUT2D eigenvalue weighted by Gasteiger charge is -2.05. The lowest BCUT2D eigenvalue weighted by atomic mass is 10.1. The molecule has 1 rings (SSSR count). The third-order valence-corrected chi connectivity index (χ3v) is 2.90. The Kier molecular flexibility index (Phi) is 3.83. The molecule has 1 atom stereocenters. The zero-order chi connectivity index (χ0) is 10.7. The summed E-state index contributed by atoms with van der Waals surface area (Å²) in [4.78, 5) is 11.0. The van der Waals surface area contributed by atoms with Crippen molar-refractivity contribution in [3.8, 4) is 0 Å². The Labute approximate surface area is 93.3 Å². The van der Waals surface area contributed by atoms with Crippen molar-refractivity contribution in [3.05, 3.63) is 33.8 Å². The van der Waals surface area contributed by atoms with Gasteiger partial charge >= 0.3 is 0 Å². The maximum Gasteiger partial charge on any atom is 0.249 e. The van der Waals surface area contributed by atoms with E-state index in [0.717, 1.165) is 4.47 Å². The minimum absolute atomic E-state index is 0.345. The molecule has 0 heterocycles. The molecule has 3 nitrogen and oxygen atoms in total. The molecule has 0 spiro atoms. The monoisotopic (exact) mass is 275 g/mol. The first-order chi connectivity index (χ1) is 6.50. The predicted octanol–water partition coefficient (Wildman–Crippen LogP) is 1.43. The Morgan fingerprint density at radius 3 is 2.71 bits per heavy atom. The molecule has 0 fully saturated rings. The van der Waals surface area contributed by atoms with Crippen LogP contribution >= 0.6 is 15.9 Å². The molecule has 0 aliphatic heterocycles. The molecule has 1 unspecified atom stereocenters. The van der Waals surface area contributed by atoms with E-state index in [0.29, 0.717) is 16.9 Å². The van der Waals surface area contributed by atoms with E-state index in [4.69, 9.17) is 5.73 Å². The smallest absolute Gasteiger partial charge is 0.249 e. The molecule has 0 radical (unpaired) electrons. The molecular formula is C9H10BrNO2S. The summed E-state index contributed by atoms with van der Waals surface area (Å²) in [7, 11) is -0.980. The van der Waals surface area contributed by atoms with Crippen molar-refractivity contribution in [2.24, 2.45) is 5.73 Å². The summed E-state index contributed by atoms with van der Waals surface area (Å²) < 4.78 is 11.9. The van der Waals surface area contributed by atoms with E-state index in [1.807, 2.05) is 0 Å². The van der Waals surface area contributed by atoms with Gasteiger partial charge in [0.1, 0.15) is 0 Å². The van der Waals surface area contributed by atoms with E-state index in [1.54, 1.807) is 24.5 Å². The number of carbonyl (C=O) groups excluding carboxylic acids is 1. The van der Waals surface area contributed by atoms with Gasteiger partial charge in [0.25, 0.3) is 0 Å². The predicted molar refractivity (Wildman–Crippen MR) is 60.4 cm³/mol. The number of carbonyl (C=O) groups is 1. The summed E-state index contributed by atoms with van der Waals surface area (Å²) in [5, 5.41) is 0. The number of hydrogen-bond donors (Lipinski definition) is 1. The van der Waals surface area contributed by atoms with Gasteiger partial charge in [-0.25, -0.2) is 0 Å². The number of hydrogen-bond acceptors (Lipinski definition) is 2. The fraction of sp³-hybridized carbons (Fsp3) is 0.222. The van der Waals surface area contributed by atoms with Gasteiger partial charge in [-0.1, -0.05) is 15.9 Å². The molecule has 0 aliphatic carbocycles. The molecule has 0 saturated carbocycles. The van der Waals surface area contributed by atoms with E-state index in [-0.39, 0.29) is 0 Å². The van der Waals surface area contributed by atoms with Crippen molar-refractivity contribution in [2.45, 2.75) is 5.75 Å². The van der Waals surface area contributed by atoms with Gasteiger partial charge in [-0.3, -0.25) is 9.00 Å². The zero-order valence-electron chi connectivity index (χ0n) is 7.62. The van der Waals surface area contributed by atoms with E-state index in [2.05, 4.69) is 15.9 Å². The van der Waals surface area contributed by atoms with Crippen LogP contribution in [0.1, 0.15) is 15.9 Å². The molecule has 0 aliphatic rings. The molecule has 14 heavy (non-hydrogen) atoms. The van der Waals surface area contributed by atoms with E-state index < -0.39 is 16.7 Å². The highest BCUT2D eigenvalue weighted by Gasteiger charge is 2.09. The quantitative estimate of drug-likeness (QED) is 0.907. The summed E-state index contributed by atoms with van der Waals surface area (Å²) in [6, 6.07) is 5.14. The minimum Gasteiger partial charge on any atom is -0.366 e. The third-order valence-electron chi connectivity index (χ3n) is 1.69. The topological polar surface area (TPSA) is 60.2 Å². The molecule has 1 aromatic carbocycles. The minimum atomic E-state index is -0.980. The second-order valence-electron chi connectivity index (χ2n) is 2.88. The first kappa shape index (κ1) is 11.4. The molecule has 1 aromatic rings. The van der Waals surface area contributed by atoms with Crippen molar-refractivity contribution in [2.75, 3.05) is 6.26 Å². The van der Waals surface area contributed by atoms with Crippen LogP contribution in [0.15, 0.2) is 22.7 Å². The van der Waals surface area contributed by atoms with E-state index in [9.17, 15) is 9.00 Å². The van der Waals surface area contributed by atoms with Gasteiger partial charge in [0, 0.05) is 32.8 Å². The molecule has 0 aromatic heterocycles. The second-order valence-corrected chi connectivity index (χ2v) is 5.23. The van der Waals surface area contributed by atoms with Crippen LogP contribution in [0.5, 0.6) is 0 Å².